The van der Waals surface area contributed by atoms with Gasteiger partial charge in [-0.3, -0.25) is 0 Å². The summed E-state index contributed by atoms with van der Waals surface area (Å²) in [6, 6.07) is 14.7. The van der Waals surface area contributed by atoms with E-state index in [2.05, 4.69) is 70.5 Å². The summed E-state index contributed by atoms with van der Waals surface area (Å²) in [5, 5.41) is 5.89. The molecular formula is C16H17N3. The van der Waals surface area contributed by atoms with E-state index < -0.39 is 0 Å². The fourth-order valence-electron chi connectivity index (χ4n) is 2.34. The molecule has 0 saturated carbocycles. The van der Waals surface area contributed by atoms with Gasteiger partial charge < -0.3 is 9.88 Å². The number of nitrogens with zero attached hydrogens (tertiary/aromatic N) is 2. The third kappa shape index (κ3) is 2.19. The maximum atomic E-state index is 4.54. The van der Waals surface area contributed by atoms with Gasteiger partial charge in [0, 0.05) is 23.8 Å². The molecule has 0 aliphatic heterocycles. The Labute approximate surface area is 112 Å². The maximum Gasteiger partial charge on any atom is 0.207 e. The van der Waals surface area contributed by atoms with Crippen molar-refractivity contribution in [1.82, 2.24) is 9.55 Å². The zero-order chi connectivity index (χ0) is 13.2. The van der Waals surface area contributed by atoms with Crippen LogP contribution in [0.5, 0.6) is 0 Å². The van der Waals surface area contributed by atoms with Crippen LogP contribution in [0.15, 0.2) is 48.7 Å². The van der Waals surface area contributed by atoms with Gasteiger partial charge in [0.1, 0.15) is 0 Å². The zero-order valence-corrected chi connectivity index (χ0v) is 11.2. The van der Waals surface area contributed by atoms with Crippen LogP contribution in [0.2, 0.25) is 0 Å². The van der Waals surface area contributed by atoms with Crippen molar-refractivity contribution in [2.45, 2.75) is 20.4 Å². The van der Waals surface area contributed by atoms with Crippen molar-refractivity contribution in [3.63, 3.8) is 0 Å². The molecule has 3 aromatic rings. The number of aromatic nitrogens is 2. The SMILES string of the molecule is CCn1cc(C)nc1Nc1cccc2ccccc12. The highest BCUT2D eigenvalue weighted by Gasteiger charge is 2.06. The van der Waals surface area contributed by atoms with Gasteiger partial charge in [0.25, 0.3) is 0 Å². The summed E-state index contributed by atoms with van der Waals surface area (Å²) in [6.07, 6.45) is 2.06. The van der Waals surface area contributed by atoms with Gasteiger partial charge in [0.05, 0.1) is 5.69 Å². The van der Waals surface area contributed by atoms with Crippen molar-refractivity contribution in [3.8, 4) is 0 Å². The van der Waals surface area contributed by atoms with E-state index >= 15 is 0 Å². The van der Waals surface area contributed by atoms with Crippen LogP contribution in [0.3, 0.4) is 0 Å². The Morgan fingerprint density at radius 1 is 1.11 bits per heavy atom. The zero-order valence-electron chi connectivity index (χ0n) is 11.2. The minimum Gasteiger partial charge on any atom is -0.325 e. The van der Waals surface area contributed by atoms with E-state index in [1.165, 1.54) is 10.8 Å². The molecule has 0 bridgehead atoms. The summed E-state index contributed by atoms with van der Waals surface area (Å²) in [5.41, 5.74) is 2.13. The summed E-state index contributed by atoms with van der Waals surface area (Å²) < 4.78 is 2.12. The molecule has 19 heavy (non-hydrogen) atoms. The van der Waals surface area contributed by atoms with Crippen LogP contribution in [0.25, 0.3) is 10.8 Å². The second kappa shape index (κ2) is 4.76. The van der Waals surface area contributed by atoms with Crippen molar-refractivity contribution >= 4 is 22.4 Å². The molecule has 0 aliphatic carbocycles. The first-order valence-corrected chi connectivity index (χ1v) is 6.56. The average molecular weight is 251 g/mol. The van der Waals surface area contributed by atoms with Gasteiger partial charge in [0.15, 0.2) is 0 Å². The largest absolute Gasteiger partial charge is 0.325 e. The van der Waals surface area contributed by atoms with E-state index in [1.807, 2.05) is 6.92 Å². The standard InChI is InChI=1S/C16H17N3/c1-3-19-11-12(2)17-16(19)18-15-10-6-8-13-7-4-5-9-14(13)15/h4-11H,3H2,1-2H3,(H,17,18). The number of fused-ring (bicyclic) bond motifs is 1. The Hall–Kier alpha value is -2.29. The molecule has 2 aromatic carbocycles. The molecule has 3 rings (SSSR count). The van der Waals surface area contributed by atoms with Gasteiger partial charge in [-0.2, -0.15) is 0 Å². The summed E-state index contributed by atoms with van der Waals surface area (Å²) in [5.74, 6) is 0.899. The van der Waals surface area contributed by atoms with Crippen LogP contribution in [0.4, 0.5) is 11.6 Å². The molecule has 3 heteroatoms. The molecular weight excluding hydrogens is 234 g/mol. The van der Waals surface area contributed by atoms with Gasteiger partial charge in [0.2, 0.25) is 5.95 Å². The van der Waals surface area contributed by atoms with Crippen LogP contribution in [0.1, 0.15) is 12.6 Å². The molecule has 0 atom stereocenters. The molecule has 1 heterocycles. The smallest absolute Gasteiger partial charge is 0.207 e. The minimum absolute atomic E-state index is 0.899. The third-order valence-corrected chi connectivity index (χ3v) is 3.27. The predicted molar refractivity (Wildman–Crippen MR) is 79.9 cm³/mol. The topological polar surface area (TPSA) is 29.9 Å². The molecule has 1 N–H and O–H groups in total. The first kappa shape index (κ1) is 11.8. The van der Waals surface area contributed by atoms with E-state index in [4.69, 9.17) is 0 Å². The van der Waals surface area contributed by atoms with Crippen LogP contribution >= 0.6 is 0 Å². The number of rotatable bonds is 3. The number of hydrogen-bond donors (Lipinski definition) is 1. The van der Waals surface area contributed by atoms with Crippen LogP contribution in [-0.4, -0.2) is 9.55 Å². The van der Waals surface area contributed by atoms with E-state index in [1.54, 1.807) is 0 Å². The summed E-state index contributed by atoms with van der Waals surface area (Å²) >= 11 is 0. The average Bonchev–Trinajstić information content (AvgIpc) is 2.79. The maximum absolute atomic E-state index is 4.54. The predicted octanol–water partition coefficient (Wildman–Crippen LogP) is 4.11. The van der Waals surface area contributed by atoms with Gasteiger partial charge in [-0.15, -0.1) is 0 Å². The van der Waals surface area contributed by atoms with Crippen molar-refractivity contribution in [1.29, 1.82) is 0 Å². The highest BCUT2D eigenvalue weighted by Crippen LogP contribution is 2.25. The van der Waals surface area contributed by atoms with Crippen LogP contribution in [-0.2, 0) is 6.54 Å². The molecule has 0 amide bonds. The normalized spacial score (nSPS) is 10.8. The van der Waals surface area contributed by atoms with Crippen molar-refractivity contribution in [2.75, 3.05) is 5.32 Å². The molecule has 0 radical (unpaired) electrons. The number of hydrogen-bond acceptors (Lipinski definition) is 2. The number of imidazole rings is 1. The van der Waals surface area contributed by atoms with Crippen molar-refractivity contribution in [3.05, 3.63) is 54.4 Å². The molecule has 0 fully saturated rings. The number of benzene rings is 2. The van der Waals surface area contributed by atoms with Gasteiger partial charge in [-0.1, -0.05) is 36.4 Å². The number of aryl methyl sites for hydroxylation is 2. The first-order chi connectivity index (χ1) is 9.28. The summed E-state index contributed by atoms with van der Waals surface area (Å²) in [7, 11) is 0. The van der Waals surface area contributed by atoms with Gasteiger partial charge >= 0.3 is 0 Å². The van der Waals surface area contributed by atoms with Gasteiger partial charge in [-0.25, -0.2) is 4.98 Å². The fourth-order valence-corrected chi connectivity index (χ4v) is 2.34. The van der Waals surface area contributed by atoms with Crippen molar-refractivity contribution < 1.29 is 0 Å². The number of anilines is 2. The molecule has 0 aliphatic rings. The van der Waals surface area contributed by atoms with Crippen LogP contribution in [0, 0.1) is 6.92 Å². The highest BCUT2D eigenvalue weighted by atomic mass is 15.2. The molecule has 3 nitrogen and oxygen atoms in total. The Morgan fingerprint density at radius 2 is 1.89 bits per heavy atom. The number of nitrogens with one attached hydrogen (secondary N) is 1. The van der Waals surface area contributed by atoms with Crippen molar-refractivity contribution in [2.24, 2.45) is 0 Å². The molecule has 96 valence electrons. The lowest BCUT2D eigenvalue weighted by Gasteiger charge is -2.10. The van der Waals surface area contributed by atoms with E-state index in [0.717, 1.165) is 23.9 Å². The highest BCUT2D eigenvalue weighted by molar-refractivity contribution is 5.94. The summed E-state index contributed by atoms with van der Waals surface area (Å²) in [4.78, 5) is 4.54. The fraction of sp³-hybridized carbons (Fsp3) is 0.188. The molecule has 1 aromatic heterocycles. The Morgan fingerprint density at radius 3 is 2.74 bits per heavy atom. The third-order valence-electron chi connectivity index (χ3n) is 3.27. The Balaban J connectivity index is 2.05. The minimum atomic E-state index is 0.899. The van der Waals surface area contributed by atoms with E-state index in [-0.39, 0.29) is 0 Å². The lowest BCUT2D eigenvalue weighted by molar-refractivity contribution is 0.771. The second-order valence-corrected chi connectivity index (χ2v) is 4.64. The summed E-state index contributed by atoms with van der Waals surface area (Å²) in [6.45, 7) is 5.05. The van der Waals surface area contributed by atoms with E-state index in [9.17, 15) is 0 Å². The Bertz CT molecular complexity index is 708. The molecule has 0 saturated heterocycles. The first-order valence-electron chi connectivity index (χ1n) is 6.56. The Kier molecular flexibility index (Phi) is 2.95. The van der Waals surface area contributed by atoms with Gasteiger partial charge in [-0.05, 0) is 25.3 Å². The molecule has 0 unspecified atom stereocenters. The second-order valence-electron chi connectivity index (χ2n) is 4.64. The molecule has 0 spiro atoms. The lowest BCUT2D eigenvalue weighted by Crippen LogP contribution is -2.01. The van der Waals surface area contributed by atoms with E-state index in [0.29, 0.717) is 0 Å². The lowest BCUT2D eigenvalue weighted by atomic mass is 10.1. The monoisotopic (exact) mass is 251 g/mol. The quantitative estimate of drug-likeness (QED) is 0.759. The van der Waals surface area contributed by atoms with Crippen LogP contribution < -0.4 is 5.32 Å².